The number of nitrogens with zero attached hydrogens (tertiary/aromatic N) is 4. The topological polar surface area (TPSA) is 153 Å². The van der Waals surface area contributed by atoms with Crippen molar-refractivity contribution in [3.63, 3.8) is 0 Å². The summed E-state index contributed by atoms with van der Waals surface area (Å²) < 4.78 is 43.7. The van der Waals surface area contributed by atoms with Crippen LogP contribution in [0.25, 0.3) is 10.9 Å². The molecule has 2 aromatic heterocycles. The molecular weight excluding hydrogens is 514 g/mol. The van der Waals surface area contributed by atoms with Crippen LogP contribution < -0.4 is 15.6 Å². The predicted octanol–water partition coefficient (Wildman–Crippen LogP) is 1.20. The van der Waals surface area contributed by atoms with Gasteiger partial charge in [0.1, 0.15) is 42.7 Å². The van der Waals surface area contributed by atoms with E-state index >= 15 is 0 Å². The van der Waals surface area contributed by atoms with E-state index in [4.69, 9.17) is 19.5 Å². The van der Waals surface area contributed by atoms with Gasteiger partial charge in [-0.25, -0.2) is 13.4 Å². The highest BCUT2D eigenvalue weighted by Crippen LogP contribution is 2.46. The van der Waals surface area contributed by atoms with Gasteiger partial charge in [0, 0.05) is 25.2 Å². The predicted molar refractivity (Wildman–Crippen MR) is 134 cm³/mol. The minimum atomic E-state index is -3.75. The van der Waals surface area contributed by atoms with E-state index in [1.165, 1.54) is 23.9 Å². The van der Waals surface area contributed by atoms with E-state index < -0.39 is 26.2 Å². The summed E-state index contributed by atoms with van der Waals surface area (Å²) in [4.78, 5) is 30.2. The number of ether oxygens (including phenoxy) is 3. The SMILES string of the molecule is Cn1c(=O)c(C(=O)NCc2ccc(C#N)cc2)cc2ccnc(OCC3(S(=O)(=O)N4COCOC4)CC3)c21. The molecule has 2 fully saturated rings. The van der Waals surface area contributed by atoms with Crippen LogP contribution in [0.15, 0.2) is 47.4 Å². The standard InChI is InChI=1S/C25H25N5O7S/c1-29-21-19(10-20(24(29)32)22(31)28-12-18-4-2-17(11-26)3-5-18)6-9-27-23(21)37-13-25(7-8-25)38(33,34)30-14-35-16-36-15-30/h2-6,9-10H,7-8,12-16H2,1H3,(H,28,31). The second-order valence-electron chi connectivity index (χ2n) is 9.18. The lowest BCUT2D eigenvalue weighted by atomic mass is 10.1. The summed E-state index contributed by atoms with van der Waals surface area (Å²) in [5, 5.41) is 12.2. The van der Waals surface area contributed by atoms with E-state index in [9.17, 15) is 18.0 Å². The molecule has 1 amide bonds. The van der Waals surface area contributed by atoms with Crippen molar-refractivity contribution in [2.75, 3.05) is 26.9 Å². The van der Waals surface area contributed by atoms with Gasteiger partial charge >= 0.3 is 0 Å². The number of amides is 1. The number of benzene rings is 1. The molecule has 13 heteroatoms. The minimum absolute atomic E-state index is 0.0406. The van der Waals surface area contributed by atoms with Gasteiger partial charge in [0.25, 0.3) is 11.5 Å². The summed E-state index contributed by atoms with van der Waals surface area (Å²) >= 11 is 0. The summed E-state index contributed by atoms with van der Waals surface area (Å²) in [6.45, 7) is -0.0970. The number of aromatic nitrogens is 2. The third-order valence-electron chi connectivity index (χ3n) is 6.68. The maximum atomic E-state index is 13.1. The maximum Gasteiger partial charge on any atom is 0.263 e. The second kappa shape index (κ2) is 10.1. The first-order valence-electron chi connectivity index (χ1n) is 11.8. The fourth-order valence-corrected chi connectivity index (χ4v) is 6.05. The van der Waals surface area contributed by atoms with Crippen LogP contribution in [0, 0.1) is 11.3 Å². The van der Waals surface area contributed by atoms with Gasteiger partial charge in [0.2, 0.25) is 15.9 Å². The Morgan fingerprint density at radius 3 is 2.58 bits per heavy atom. The normalized spacial score (nSPS) is 17.1. The van der Waals surface area contributed by atoms with Gasteiger partial charge < -0.3 is 24.1 Å². The molecule has 2 aliphatic rings. The maximum absolute atomic E-state index is 13.1. The monoisotopic (exact) mass is 539 g/mol. The van der Waals surface area contributed by atoms with E-state index in [0.717, 1.165) is 9.87 Å². The quantitative estimate of drug-likeness (QED) is 0.445. The Bertz CT molecular complexity index is 1590. The number of rotatable bonds is 8. The average Bonchev–Trinajstić information content (AvgIpc) is 3.75. The molecule has 0 atom stereocenters. The summed E-state index contributed by atoms with van der Waals surface area (Å²) in [6, 6.07) is 11.9. The second-order valence-corrected chi connectivity index (χ2v) is 11.5. The van der Waals surface area contributed by atoms with Crippen LogP contribution in [0.4, 0.5) is 0 Å². The zero-order valence-electron chi connectivity index (χ0n) is 20.5. The van der Waals surface area contributed by atoms with E-state index in [1.807, 2.05) is 6.07 Å². The molecule has 1 aromatic carbocycles. The molecule has 1 saturated heterocycles. The number of carbonyl (C=O) groups excluding carboxylic acids is 1. The molecule has 0 spiro atoms. The number of hydrogen-bond donors (Lipinski definition) is 1. The summed E-state index contributed by atoms with van der Waals surface area (Å²) in [6.07, 6.45) is 2.30. The molecule has 3 aromatic rings. The van der Waals surface area contributed by atoms with Gasteiger partial charge in [-0.2, -0.15) is 9.57 Å². The number of pyridine rings is 2. The molecule has 0 bridgehead atoms. The molecule has 3 heterocycles. The number of fused-ring (bicyclic) bond motifs is 1. The first kappa shape index (κ1) is 25.8. The summed E-state index contributed by atoms with van der Waals surface area (Å²) in [5.41, 5.74) is 1.02. The van der Waals surface area contributed by atoms with Crippen LogP contribution in [0.3, 0.4) is 0 Å². The highest BCUT2D eigenvalue weighted by atomic mass is 32.2. The van der Waals surface area contributed by atoms with Gasteiger partial charge in [-0.3, -0.25) is 9.59 Å². The van der Waals surface area contributed by atoms with Crippen LogP contribution in [-0.2, 0) is 33.1 Å². The molecule has 1 N–H and O–H groups in total. The molecule has 1 saturated carbocycles. The Hall–Kier alpha value is -3.83. The van der Waals surface area contributed by atoms with Gasteiger partial charge in [0.15, 0.2) is 0 Å². The van der Waals surface area contributed by atoms with Crippen LogP contribution in [0.1, 0.15) is 34.3 Å². The first-order valence-corrected chi connectivity index (χ1v) is 13.2. The van der Waals surface area contributed by atoms with Crippen molar-refractivity contribution in [1.29, 1.82) is 5.26 Å². The number of aryl methyl sites for hydroxylation is 1. The number of carbonyl (C=O) groups is 1. The Balaban J connectivity index is 1.35. The fraction of sp³-hybridized carbons (Fsp3) is 0.360. The largest absolute Gasteiger partial charge is 0.474 e. The molecule has 38 heavy (non-hydrogen) atoms. The van der Waals surface area contributed by atoms with E-state index in [2.05, 4.69) is 10.3 Å². The molecule has 1 aliphatic heterocycles. The minimum Gasteiger partial charge on any atom is -0.474 e. The van der Waals surface area contributed by atoms with Crippen molar-refractivity contribution in [3.05, 3.63) is 69.6 Å². The Labute approximate surface area is 218 Å². The third kappa shape index (κ3) is 4.74. The number of nitriles is 1. The van der Waals surface area contributed by atoms with Crippen LogP contribution in [0.5, 0.6) is 5.88 Å². The van der Waals surface area contributed by atoms with Crippen molar-refractivity contribution in [2.45, 2.75) is 24.1 Å². The van der Waals surface area contributed by atoms with Crippen LogP contribution in [0.2, 0.25) is 0 Å². The lowest BCUT2D eigenvalue weighted by molar-refractivity contribution is -0.154. The lowest BCUT2D eigenvalue weighted by Crippen LogP contribution is -2.47. The van der Waals surface area contributed by atoms with Crippen LogP contribution >= 0.6 is 0 Å². The lowest BCUT2D eigenvalue weighted by Gasteiger charge is -2.29. The summed E-state index contributed by atoms with van der Waals surface area (Å²) in [7, 11) is -2.25. The number of sulfonamides is 1. The van der Waals surface area contributed by atoms with E-state index in [1.54, 1.807) is 30.3 Å². The highest BCUT2D eigenvalue weighted by molar-refractivity contribution is 7.90. The molecule has 12 nitrogen and oxygen atoms in total. The third-order valence-corrected chi connectivity index (χ3v) is 9.19. The zero-order valence-corrected chi connectivity index (χ0v) is 21.4. The van der Waals surface area contributed by atoms with E-state index in [0.29, 0.717) is 29.3 Å². The number of nitrogens with one attached hydrogen (secondary N) is 1. The zero-order chi connectivity index (χ0) is 26.9. The van der Waals surface area contributed by atoms with Gasteiger partial charge in [-0.05, 0) is 42.7 Å². The number of hydrogen-bond acceptors (Lipinski definition) is 9. The first-order chi connectivity index (χ1) is 18.3. The van der Waals surface area contributed by atoms with E-state index in [-0.39, 0.29) is 44.8 Å². The van der Waals surface area contributed by atoms with Crippen molar-refractivity contribution in [3.8, 4) is 11.9 Å². The van der Waals surface area contributed by atoms with Crippen molar-refractivity contribution >= 4 is 26.8 Å². The molecular formula is C25H25N5O7S. The molecule has 1 aliphatic carbocycles. The van der Waals surface area contributed by atoms with Crippen molar-refractivity contribution in [1.82, 2.24) is 19.2 Å². The molecule has 0 radical (unpaired) electrons. The van der Waals surface area contributed by atoms with Gasteiger partial charge in [-0.1, -0.05) is 12.1 Å². The fourth-order valence-electron chi connectivity index (χ4n) is 4.25. The molecule has 198 valence electrons. The molecule has 0 unspecified atom stereocenters. The van der Waals surface area contributed by atoms with Gasteiger partial charge in [0.05, 0.1) is 11.6 Å². The Kier molecular flexibility index (Phi) is 6.89. The van der Waals surface area contributed by atoms with Crippen molar-refractivity contribution < 1.29 is 27.4 Å². The summed E-state index contributed by atoms with van der Waals surface area (Å²) in [5.74, 6) is -0.454. The highest BCUT2D eigenvalue weighted by Gasteiger charge is 2.58. The Morgan fingerprint density at radius 1 is 1.21 bits per heavy atom. The molecule has 5 rings (SSSR count). The smallest absolute Gasteiger partial charge is 0.263 e. The average molecular weight is 540 g/mol. The van der Waals surface area contributed by atoms with Gasteiger partial charge in [-0.15, -0.1) is 0 Å². The Morgan fingerprint density at radius 2 is 1.92 bits per heavy atom. The van der Waals surface area contributed by atoms with Crippen LogP contribution in [-0.4, -0.2) is 59.8 Å². The van der Waals surface area contributed by atoms with Crippen molar-refractivity contribution in [2.24, 2.45) is 7.05 Å².